The molecule has 2 aromatic carbocycles. The highest BCUT2D eigenvalue weighted by molar-refractivity contribution is 6.22. The molecule has 1 aliphatic rings. The number of benzene rings is 2. The van der Waals surface area contributed by atoms with E-state index in [-0.39, 0.29) is 23.6 Å². The van der Waals surface area contributed by atoms with Crippen LogP contribution in [-0.4, -0.2) is 29.2 Å². The zero-order valence-corrected chi connectivity index (χ0v) is 17.3. The molecular weight excluding hydrogens is 396 g/mol. The molecule has 1 aliphatic heterocycles. The fourth-order valence-electron chi connectivity index (χ4n) is 3.41. The van der Waals surface area contributed by atoms with Crippen molar-refractivity contribution in [3.63, 3.8) is 0 Å². The maximum absolute atomic E-state index is 12.8. The van der Waals surface area contributed by atoms with E-state index in [0.717, 1.165) is 22.6 Å². The summed E-state index contributed by atoms with van der Waals surface area (Å²) < 4.78 is 10.8. The molecule has 4 rings (SSSR count). The topological polar surface area (TPSA) is 88.8 Å². The van der Waals surface area contributed by atoms with Gasteiger partial charge in [0.2, 0.25) is 0 Å². The van der Waals surface area contributed by atoms with Crippen molar-refractivity contribution in [2.24, 2.45) is 0 Å². The molecule has 31 heavy (non-hydrogen) atoms. The summed E-state index contributed by atoms with van der Waals surface area (Å²) in [5.41, 5.74) is 2.30. The Morgan fingerprint density at radius 2 is 1.87 bits per heavy atom. The Kier molecular flexibility index (Phi) is 5.58. The Bertz CT molecular complexity index is 1150. The molecule has 158 valence electrons. The van der Waals surface area contributed by atoms with Crippen molar-refractivity contribution in [3.8, 4) is 5.75 Å². The normalized spacial score (nSPS) is 12.8. The van der Waals surface area contributed by atoms with E-state index < -0.39 is 11.8 Å². The Hall–Kier alpha value is -3.87. The van der Waals surface area contributed by atoms with Crippen LogP contribution in [0.25, 0.3) is 0 Å². The third-order valence-electron chi connectivity index (χ3n) is 5.05. The average Bonchev–Trinajstić information content (AvgIpc) is 3.36. The number of ether oxygens (including phenoxy) is 1. The quantitative estimate of drug-likeness (QED) is 0.574. The molecule has 0 aliphatic carbocycles. The number of furan rings is 1. The number of rotatable bonds is 7. The van der Waals surface area contributed by atoms with E-state index in [2.05, 4.69) is 5.32 Å². The molecular formula is C24H22N2O5. The van der Waals surface area contributed by atoms with Gasteiger partial charge in [-0.15, -0.1) is 0 Å². The molecule has 2 heterocycles. The smallest absolute Gasteiger partial charge is 0.261 e. The monoisotopic (exact) mass is 418 g/mol. The van der Waals surface area contributed by atoms with E-state index >= 15 is 0 Å². The number of fused-ring (bicyclic) bond motifs is 1. The van der Waals surface area contributed by atoms with Crippen molar-refractivity contribution < 1.29 is 23.5 Å². The zero-order valence-electron chi connectivity index (χ0n) is 17.3. The lowest BCUT2D eigenvalue weighted by atomic mass is 10.0. The van der Waals surface area contributed by atoms with E-state index in [9.17, 15) is 14.4 Å². The van der Waals surface area contributed by atoms with Gasteiger partial charge in [-0.05, 0) is 67.4 Å². The van der Waals surface area contributed by atoms with E-state index in [1.807, 2.05) is 19.9 Å². The van der Waals surface area contributed by atoms with E-state index in [1.54, 1.807) is 30.3 Å². The van der Waals surface area contributed by atoms with Crippen molar-refractivity contribution in [2.45, 2.75) is 26.8 Å². The number of hydrogen-bond acceptors (Lipinski definition) is 5. The van der Waals surface area contributed by atoms with Crippen LogP contribution in [0.2, 0.25) is 0 Å². The minimum atomic E-state index is -0.445. The van der Waals surface area contributed by atoms with Crippen molar-refractivity contribution in [1.29, 1.82) is 0 Å². The zero-order chi connectivity index (χ0) is 22.0. The molecule has 0 bridgehead atoms. The van der Waals surface area contributed by atoms with E-state index in [1.165, 1.54) is 18.4 Å². The van der Waals surface area contributed by atoms with Crippen LogP contribution in [0.4, 0.5) is 5.69 Å². The van der Waals surface area contributed by atoms with Crippen LogP contribution >= 0.6 is 0 Å². The molecule has 1 N–H and O–H groups in total. The minimum Gasteiger partial charge on any atom is -0.494 e. The Morgan fingerprint density at radius 3 is 2.58 bits per heavy atom. The first-order valence-electron chi connectivity index (χ1n) is 10.1. The minimum absolute atomic E-state index is 0.0481. The number of carbonyl (C=O) groups excluding carboxylic acids is 3. The SMILES string of the molecule is CCCOc1ccc(NC(=O)c2ccc3c(c2)C(=O)N(Cc2ccco2)C3=O)c(C)c1. The molecule has 0 unspecified atom stereocenters. The predicted octanol–water partition coefficient (Wildman–Crippen LogP) is 4.43. The van der Waals surface area contributed by atoms with Crippen molar-refractivity contribution in [3.05, 3.63) is 82.8 Å². The number of hydrogen-bond donors (Lipinski definition) is 1. The molecule has 0 saturated carbocycles. The van der Waals surface area contributed by atoms with Crippen LogP contribution in [0.5, 0.6) is 5.75 Å². The van der Waals surface area contributed by atoms with Crippen molar-refractivity contribution in [2.75, 3.05) is 11.9 Å². The molecule has 0 fully saturated rings. The van der Waals surface area contributed by atoms with Crippen LogP contribution in [0.3, 0.4) is 0 Å². The second-order valence-electron chi connectivity index (χ2n) is 7.32. The van der Waals surface area contributed by atoms with Crippen LogP contribution in [0.1, 0.15) is 55.7 Å². The van der Waals surface area contributed by atoms with Gasteiger partial charge < -0.3 is 14.5 Å². The van der Waals surface area contributed by atoms with Crippen molar-refractivity contribution in [1.82, 2.24) is 4.90 Å². The van der Waals surface area contributed by atoms with E-state index in [4.69, 9.17) is 9.15 Å². The van der Waals surface area contributed by atoms with Gasteiger partial charge in [0.25, 0.3) is 17.7 Å². The van der Waals surface area contributed by atoms with Gasteiger partial charge in [0.05, 0.1) is 30.5 Å². The van der Waals surface area contributed by atoms with Crippen LogP contribution in [0.15, 0.2) is 59.2 Å². The van der Waals surface area contributed by atoms with Gasteiger partial charge in [-0.3, -0.25) is 19.3 Å². The lowest BCUT2D eigenvalue weighted by molar-refractivity contribution is 0.0631. The molecule has 0 saturated heterocycles. The highest BCUT2D eigenvalue weighted by Gasteiger charge is 2.36. The second kappa shape index (κ2) is 8.47. The summed E-state index contributed by atoms with van der Waals surface area (Å²) in [6.45, 7) is 4.59. The average molecular weight is 418 g/mol. The Morgan fingerprint density at radius 1 is 1.06 bits per heavy atom. The summed E-state index contributed by atoms with van der Waals surface area (Å²) in [6.07, 6.45) is 2.40. The first kappa shape index (κ1) is 20.4. The van der Waals surface area contributed by atoms with Gasteiger partial charge >= 0.3 is 0 Å². The van der Waals surface area contributed by atoms with Gasteiger partial charge in [-0.25, -0.2) is 0 Å². The van der Waals surface area contributed by atoms with E-state index in [0.29, 0.717) is 23.6 Å². The van der Waals surface area contributed by atoms with Gasteiger partial charge in [0, 0.05) is 11.3 Å². The number of aryl methyl sites for hydroxylation is 1. The maximum atomic E-state index is 12.8. The third kappa shape index (κ3) is 4.07. The third-order valence-corrected chi connectivity index (χ3v) is 5.05. The number of nitrogens with one attached hydrogen (secondary N) is 1. The number of carbonyl (C=O) groups is 3. The largest absolute Gasteiger partial charge is 0.494 e. The number of amides is 3. The van der Waals surface area contributed by atoms with Gasteiger partial charge in [0.15, 0.2) is 0 Å². The fraction of sp³-hybridized carbons (Fsp3) is 0.208. The second-order valence-corrected chi connectivity index (χ2v) is 7.32. The Labute approximate surface area is 179 Å². The highest BCUT2D eigenvalue weighted by atomic mass is 16.5. The lowest BCUT2D eigenvalue weighted by Gasteiger charge is -2.11. The van der Waals surface area contributed by atoms with Crippen LogP contribution < -0.4 is 10.1 Å². The Balaban J connectivity index is 1.51. The molecule has 0 spiro atoms. The molecule has 0 radical (unpaired) electrons. The maximum Gasteiger partial charge on any atom is 0.261 e. The number of imide groups is 1. The molecule has 3 amide bonds. The van der Waals surface area contributed by atoms with Crippen LogP contribution in [0, 0.1) is 6.92 Å². The summed E-state index contributed by atoms with van der Waals surface area (Å²) in [5.74, 6) is 0.0457. The first-order valence-corrected chi connectivity index (χ1v) is 10.1. The first-order chi connectivity index (χ1) is 15.0. The summed E-state index contributed by atoms with van der Waals surface area (Å²) in [5, 5.41) is 2.86. The van der Waals surface area contributed by atoms with Crippen molar-refractivity contribution >= 4 is 23.4 Å². The summed E-state index contributed by atoms with van der Waals surface area (Å²) in [4.78, 5) is 39.3. The predicted molar refractivity (Wildman–Crippen MR) is 114 cm³/mol. The summed E-state index contributed by atoms with van der Waals surface area (Å²) in [7, 11) is 0. The lowest BCUT2D eigenvalue weighted by Crippen LogP contribution is -2.28. The van der Waals surface area contributed by atoms with Gasteiger partial charge in [-0.2, -0.15) is 0 Å². The summed E-state index contributed by atoms with van der Waals surface area (Å²) >= 11 is 0. The van der Waals surface area contributed by atoms with Gasteiger partial charge in [0.1, 0.15) is 11.5 Å². The van der Waals surface area contributed by atoms with Gasteiger partial charge in [-0.1, -0.05) is 6.92 Å². The van der Waals surface area contributed by atoms with Crippen LogP contribution in [-0.2, 0) is 6.54 Å². The number of nitrogens with zero attached hydrogens (tertiary/aromatic N) is 1. The number of anilines is 1. The molecule has 3 aromatic rings. The molecule has 1 aromatic heterocycles. The summed E-state index contributed by atoms with van der Waals surface area (Å²) in [6, 6.07) is 13.4. The molecule has 7 heteroatoms. The molecule has 7 nitrogen and oxygen atoms in total. The standard InChI is InChI=1S/C24H22N2O5/c1-3-10-30-17-7-9-21(15(2)12-17)25-22(27)16-6-8-19-20(13-16)24(29)26(23(19)28)14-18-5-4-11-31-18/h4-9,11-13H,3,10,14H2,1-2H3,(H,25,27). The molecule has 0 atom stereocenters. The highest BCUT2D eigenvalue weighted by Crippen LogP contribution is 2.27. The fourth-order valence-corrected chi connectivity index (χ4v) is 3.41.